The molecule has 1 aliphatic rings. The zero-order valence-corrected chi connectivity index (χ0v) is 15.1. The number of aryl methyl sites for hydroxylation is 2. The van der Waals surface area contributed by atoms with E-state index in [1.54, 1.807) is 0 Å². The van der Waals surface area contributed by atoms with Gasteiger partial charge in [-0.05, 0) is 68.4 Å². The summed E-state index contributed by atoms with van der Waals surface area (Å²) in [7, 11) is 0. The first kappa shape index (κ1) is 17.2. The zero-order chi connectivity index (χ0) is 17.8. The van der Waals surface area contributed by atoms with E-state index in [-0.39, 0.29) is 0 Å². The van der Waals surface area contributed by atoms with Crippen LogP contribution in [-0.4, -0.2) is 18.1 Å². The van der Waals surface area contributed by atoms with Crippen molar-refractivity contribution >= 4 is 11.8 Å². The van der Waals surface area contributed by atoms with Crippen molar-refractivity contribution in [3.63, 3.8) is 0 Å². The van der Waals surface area contributed by atoms with Crippen LogP contribution in [-0.2, 0) is 6.42 Å². The summed E-state index contributed by atoms with van der Waals surface area (Å²) in [4.78, 5) is 7.16. The number of nitriles is 1. The van der Waals surface area contributed by atoms with E-state index in [9.17, 15) is 5.26 Å². The average molecular weight is 331 g/mol. The van der Waals surface area contributed by atoms with Gasteiger partial charge in [0.05, 0.1) is 16.9 Å². The van der Waals surface area contributed by atoms with E-state index in [0.717, 1.165) is 49.3 Å². The molecule has 3 nitrogen and oxygen atoms in total. The smallest absolute Gasteiger partial charge is 0.101 e. The molecule has 1 fully saturated rings. The molecule has 0 atom stereocenters. The van der Waals surface area contributed by atoms with Gasteiger partial charge in [0, 0.05) is 18.8 Å². The van der Waals surface area contributed by atoms with Crippen molar-refractivity contribution < 1.29 is 0 Å². The van der Waals surface area contributed by atoms with Crippen molar-refractivity contribution in [1.82, 2.24) is 4.98 Å². The summed E-state index contributed by atoms with van der Waals surface area (Å²) in [6.45, 7) is 10.1. The van der Waals surface area contributed by atoms with Gasteiger partial charge in [-0.2, -0.15) is 5.26 Å². The lowest BCUT2D eigenvalue weighted by molar-refractivity contribution is 0.400. The van der Waals surface area contributed by atoms with Crippen LogP contribution in [0.3, 0.4) is 0 Å². The molecule has 0 radical (unpaired) electrons. The highest BCUT2D eigenvalue weighted by atomic mass is 15.1. The van der Waals surface area contributed by atoms with Gasteiger partial charge in [-0.15, -0.1) is 0 Å². The van der Waals surface area contributed by atoms with Gasteiger partial charge in [0.15, 0.2) is 0 Å². The molecule has 2 aromatic rings. The second-order valence-electron chi connectivity index (χ2n) is 6.92. The zero-order valence-electron chi connectivity index (χ0n) is 15.1. The lowest BCUT2D eigenvalue weighted by atomic mass is 9.90. The Bertz CT molecular complexity index is 809. The highest BCUT2D eigenvalue weighted by Crippen LogP contribution is 2.28. The maximum atomic E-state index is 9.31. The minimum Gasteiger partial charge on any atom is -0.370 e. The van der Waals surface area contributed by atoms with Crippen molar-refractivity contribution in [1.29, 1.82) is 5.26 Å². The molecule has 3 heteroatoms. The lowest BCUT2D eigenvalue weighted by Crippen LogP contribution is -2.34. The summed E-state index contributed by atoms with van der Waals surface area (Å²) in [5.74, 6) is 0.650. The number of nitrogens with zero attached hydrogens (tertiary/aromatic N) is 3. The Hall–Kier alpha value is -2.60. The molecule has 2 heterocycles. The van der Waals surface area contributed by atoms with Crippen molar-refractivity contribution in [2.75, 3.05) is 18.0 Å². The van der Waals surface area contributed by atoms with Crippen LogP contribution >= 0.6 is 0 Å². The van der Waals surface area contributed by atoms with E-state index < -0.39 is 0 Å². The molecule has 0 saturated carbocycles. The van der Waals surface area contributed by atoms with E-state index in [0.29, 0.717) is 5.92 Å². The van der Waals surface area contributed by atoms with E-state index in [1.807, 2.05) is 24.3 Å². The summed E-state index contributed by atoms with van der Waals surface area (Å²) in [5.41, 5.74) is 6.52. The molecule has 25 heavy (non-hydrogen) atoms. The molecule has 0 amide bonds. The van der Waals surface area contributed by atoms with Crippen LogP contribution in [0, 0.1) is 31.1 Å². The van der Waals surface area contributed by atoms with Crippen LogP contribution in [0.15, 0.2) is 36.9 Å². The summed E-state index contributed by atoms with van der Waals surface area (Å²) in [6, 6.07) is 12.4. The topological polar surface area (TPSA) is 39.9 Å². The van der Waals surface area contributed by atoms with Crippen LogP contribution in [0.4, 0.5) is 5.69 Å². The Morgan fingerprint density at radius 3 is 2.64 bits per heavy atom. The number of rotatable bonds is 4. The molecule has 0 N–H and O–H groups in total. The highest BCUT2D eigenvalue weighted by molar-refractivity contribution is 5.59. The first-order chi connectivity index (χ1) is 12.1. The summed E-state index contributed by atoms with van der Waals surface area (Å²) >= 11 is 0. The third-order valence-electron chi connectivity index (χ3n) is 5.20. The highest BCUT2D eigenvalue weighted by Gasteiger charge is 2.22. The maximum absolute atomic E-state index is 9.31. The van der Waals surface area contributed by atoms with Crippen LogP contribution in [0.1, 0.15) is 40.9 Å². The van der Waals surface area contributed by atoms with Crippen molar-refractivity contribution in [2.45, 2.75) is 33.1 Å². The number of pyridine rings is 1. The quantitative estimate of drug-likeness (QED) is 0.817. The number of benzene rings is 1. The molecule has 1 aliphatic heterocycles. The van der Waals surface area contributed by atoms with E-state index in [1.165, 1.54) is 16.8 Å². The van der Waals surface area contributed by atoms with Gasteiger partial charge < -0.3 is 4.90 Å². The number of anilines is 1. The maximum Gasteiger partial charge on any atom is 0.101 e. The average Bonchev–Trinajstić information content (AvgIpc) is 2.64. The minimum atomic E-state index is 0.650. The lowest BCUT2D eigenvalue weighted by Gasteiger charge is -2.34. The van der Waals surface area contributed by atoms with Gasteiger partial charge in [0.2, 0.25) is 0 Å². The summed E-state index contributed by atoms with van der Waals surface area (Å²) < 4.78 is 0. The molecule has 1 aromatic carbocycles. The Kier molecular flexibility index (Phi) is 5.19. The molecular formula is C22H25N3. The fourth-order valence-electron chi connectivity index (χ4n) is 3.71. The molecule has 1 aromatic heterocycles. The van der Waals surface area contributed by atoms with Crippen LogP contribution in [0.5, 0.6) is 0 Å². The van der Waals surface area contributed by atoms with Gasteiger partial charge in [-0.1, -0.05) is 24.8 Å². The number of aromatic nitrogens is 1. The second-order valence-corrected chi connectivity index (χ2v) is 6.92. The number of para-hydroxylation sites is 1. The Balaban J connectivity index is 1.67. The predicted molar refractivity (Wildman–Crippen MR) is 104 cm³/mol. The predicted octanol–water partition coefficient (Wildman–Crippen LogP) is 4.67. The number of piperidine rings is 1. The fraction of sp³-hybridized carbons (Fsp3) is 0.364. The third kappa shape index (κ3) is 3.74. The van der Waals surface area contributed by atoms with Crippen molar-refractivity contribution in [3.05, 3.63) is 65.0 Å². The molecular weight excluding hydrogens is 306 g/mol. The van der Waals surface area contributed by atoms with Gasteiger partial charge in [-0.25, -0.2) is 0 Å². The normalized spacial score (nSPS) is 15.0. The largest absolute Gasteiger partial charge is 0.370 e. The fourth-order valence-corrected chi connectivity index (χ4v) is 3.71. The van der Waals surface area contributed by atoms with E-state index in [4.69, 9.17) is 4.98 Å². The molecule has 0 unspecified atom stereocenters. The van der Waals surface area contributed by atoms with Gasteiger partial charge in [-0.3, -0.25) is 4.98 Å². The van der Waals surface area contributed by atoms with Crippen LogP contribution in [0.2, 0.25) is 0 Å². The number of hydrogen-bond donors (Lipinski definition) is 0. The van der Waals surface area contributed by atoms with Gasteiger partial charge >= 0.3 is 0 Å². The molecule has 1 saturated heterocycles. The second kappa shape index (κ2) is 7.53. The van der Waals surface area contributed by atoms with Crippen molar-refractivity contribution in [3.8, 4) is 6.07 Å². The monoisotopic (exact) mass is 331 g/mol. The Morgan fingerprint density at radius 2 is 1.96 bits per heavy atom. The summed E-state index contributed by atoms with van der Waals surface area (Å²) in [6.07, 6.45) is 5.15. The van der Waals surface area contributed by atoms with E-state index in [2.05, 4.69) is 43.5 Å². The Morgan fingerprint density at radius 1 is 1.24 bits per heavy atom. The molecule has 0 spiro atoms. The SMILES string of the molecule is C=Cc1nc(CC2CCN(c3ccccc3C#N)CC2)c(C)cc1C. The molecule has 3 rings (SSSR count). The molecule has 128 valence electrons. The van der Waals surface area contributed by atoms with Gasteiger partial charge in [0.1, 0.15) is 6.07 Å². The van der Waals surface area contributed by atoms with E-state index >= 15 is 0 Å². The van der Waals surface area contributed by atoms with Crippen LogP contribution < -0.4 is 4.90 Å². The number of hydrogen-bond acceptors (Lipinski definition) is 3. The standard InChI is InChI=1S/C22H25N3/c1-4-20-16(2)13-17(3)21(24-20)14-18-9-11-25(12-10-18)22-8-6-5-7-19(22)15-23/h4-8,13,18H,1,9-12,14H2,2-3H3. The first-order valence-electron chi connectivity index (χ1n) is 8.96. The van der Waals surface area contributed by atoms with Crippen molar-refractivity contribution in [2.24, 2.45) is 5.92 Å². The van der Waals surface area contributed by atoms with Gasteiger partial charge in [0.25, 0.3) is 0 Å². The third-order valence-corrected chi connectivity index (χ3v) is 5.20. The Labute approximate surface area is 150 Å². The minimum absolute atomic E-state index is 0.650. The summed E-state index contributed by atoms with van der Waals surface area (Å²) in [5, 5.41) is 9.31. The molecule has 0 bridgehead atoms. The van der Waals surface area contributed by atoms with Crippen LogP contribution in [0.25, 0.3) is 6.08 Å². The first-order valence-corrected chi connectivity index (χ1v) is 8.96. The molecule has 0 aliphatic carbocycles.